The topological polar surface area (TPSA) is 54.0 Å². The zero-order chi connectivity index (χ0) is 14.0. The number of hydrogen-bond donors (Lipinski definition) is 0. The number of carbonyl (C=O) groups excluding carboxylic acids is 1. The second kappa shape index (κ2) is 9.49. The Labute approximate surface area is 111 Å². The molecule has 0 aromatic rings. The Morgan fingerprint density at radius 2 is 1.44 bits per heavy atom. The van der Waals surface area contributed by atoms with Crippen LogP contribution in [0, 0.1) is 5.92 Å². The van der Waals surface area contributed by atoms with Crippen molar-refractivity contribution in [1.29, 1.82) is 0 Å². The first-order chi connectivity index (χ1) is 8.55. The lowest BCUT2D eigenvalue weighted by Crippen LogP contribution is -2.51. The predicted molar refractivity (Wildman–Crippen MR) is 71.0 cm³/mol. The number of rotatable bonds is 10. The van der Waals surface area contributed by atoms with Gasteiger partial charge in [0.2, 0.25) is 0 Å². The minimum absolute atomic E-state index is 0.0890. The van der Waals surface area contributed by atoms with E-state index in [2.05, 4.69) is 0 Å². The van der Waals surface area contributed by atoms with Gasteiger partial charge < -0.3 is 18.0 Å². The molecule has 0 fully saturated rings. The van der Waals surface area contributed by atoms with Gasteiger partial charge in [-0.1, -0.05) is 13.8 Å². The average molecular weight is 278 g/mol. The van der Waals surface area contributed by atoms with Gasteiger partial charge in [-0.25, -0.2) is 0 Å². The molecule has 0 radical (unpaired) electrons. The Morgan fingerprint density at radius 1 is 1.00 bits per heavy atom. The maximum Gasteiger partial charge on any atom is 0.540 e. The molecule has 6 heteroatoms. The van der Waals surface area contributed by atoms with E-state index in [0.717, 1.165) is 6.42 Å². The zero-order valence-electron chi connectivity index (χ0n) is 12.2. The molecule has 1 atom stereocenters. The van der Waals surface area contributed by atoms with Gasteiger partial charge in [-0.05, 0) is 27.2 Å². The molecule has 0 aliphatic rings. The first-order valence-corrected chi connectivity index (χ1v) is 8.56. The Hall–Kier alpha value is -0.433. The van der Waals surface area contributed by atoms with Crippen molar-refractivity contribution in [1.82, 2.24) is 0 Å². The molecule has 18 heavy (non-hydrogen) atoms. The van der Waals surface area contributed by atoms with Crippen molar-refractivity contribution in [3.05, 3.63) is 0 Å². The molecule has 108 valence electrons. The fourth-order valence-corrected chi connectivity index (χ4v) is 3.52. The summed E-state index contributed by atoms with van der Waals surface area (Å²) in [6.45, 7) is 10.8. The van der Waals surface area contributed by atoms with Crippen LogP contribution in [0.4, 0.5) is 0 Å². The Kier molecular flexibility index (Phi) is 9.26. The van der Waals surface area contributed by atoms with Crippen LogP contribution in [0.1, 0.15) is 41.0 Å². The van der Waals surface area contributed by atoms with Crippen molar-refractivity contribution < 1.29 is 22.8 Å². The second-order valence-corrected chi connectivity index (χ2v) is 6.42. The van der Waals surface area contributed by atoms with E-state index in [0.29, 0.717) is 19.8 Å². The lowest BCUT2D eigenvalue weighted by Gasteiger charge is -2.28. The summed E-state index contributed by atoms with van der Waals surface area (Å²) in [4.78, 5) is 11.7. The molecular formula is C12H26O5Si. The number of carbonyl (C=O) groups is 1. The van der Waals surface area contributed by atoms with Crippen LogP contribution in [0.25, 0.3) is 0 Å². The van der Waals surface area contributed by atoms with Crippen molar-refractivity contribution in [3.8, 4) is 0 Å². The van der Waals surface area contributed by atoms with Gasteiger partial charge in [0.15, 0.2) is 6.23 Å². The molecule has 0 saturated heterocycles. The summed E-state index contributed by atoms with van der Waals surface area (Å²) < 4.78 is 22.0. The van der Waals surface area contributed by atoms with E-state index in [1.807, 2.05) is 34.6 Å². The highest BCUT2D eigenvalue weighted by molar-refractivity contribution is 6.60. The highest BCUT2D eigenvalue weighted by atomic mass is 28.4. The van der Waals surface area contributed by atoms with Crippen molar-refractivity contribution >= 4 is 14.8 Å². The van der Waals surface area contributed by atoms with Crippen LogP contribution >= 0.6 is 0 Å². The van der Waals surface area contributed by atoms with Crippen molar-refractivity contribution in [2.24, 2.45) is 5.92 Å². The molecule has 0 amide bonds. The van der Waals surface area contributed by atoms with Gasteiger partial charge in [-0.2, -0.15) is 0 Å². The Morgan fingerprint density at radius 3 is 1.78 bits per heavy atom. The van der Waals surface area contributed by atoms with E-state index in [1.54, 1.807) is 0 Å². The third-order valence-electron chi connectivity index (χ3n) is 2.50. The van der Waals surface area contributed by atoms with Gasteiger partial charge in [0, 0.05) is 19.8 Å². The Balaban J connectivity index is 4.50. The van der Waals surface area contributed by atoms with Crippen molar-refractivity contribution in [2.45, 2.75) is 41.0 Å². The molecule has 0 spiro atoms. The maximum atomic E-state index is 11.7. The maximum absolute atomic E-state index is 11.7. The van der Waals surface area contributed by atoms with Gasteiger partial charge in [0.25, 0.3) is 0 Å². The summed E-state index contributed by atoms with van der Waals surface area (Å²) in [5.41, 5.74) is 0. The largest absolute Gasteiger partial charge is 0.540 e. The van der Waals surface area contributed by atoms with Crippen LogP contribution in [-0.2, 0) is 22.8 Å². The van der Waals surface area contributed by atoms with E-state index in [-0.39, 0.29) is 18.1 Å². The van der Waals surface area contributed by atoms with E-state index in [1.165, 1.54) is 0 Å². The van der Waals surface area contributed by atoms with Crippen LogP contribution in [0.5, 0.6) is 0 Å². The predicted octanol–water partition coefficient (Wildman–Crippen LogP) is 2.16. The van der Waals surface area contributed by atoms with Gasteiger partial charge in [-0.3, -0.25) is 4.79 Å². The van der Waals surface area contributed by atoms with Crippen LogP contribution in [0.3, 0.4) is 0 Å². The molecule has 5 nitrogen and oxygen atoms in total. The molecular weight excluding hydrogens is 252 g/mol. The SMILES string of the molecule is CCO[Si](COC(=O)C(C)CC)(OCC)OCC. The first-order valence-electron chi connectivity index (χ1n) is 6.63. The van der Waals surface area contributed by atoms with Gasteiger partial charge >= 0.3 is 14.8 Å². The number of ether oxygens (including phenoxy) is 1. The summed E-state index contributed by atoms with van der Waals surface area (Å²) >= 11 is 0. The highest BCUT2D eigenvalue weighted by Gasteiger charge is 2.42. The number of esters is 1. The normalized spacial score (nSPS) is 13.4. The lowest BCUT2D eigenvalue weighted by molar-refractivity contribution is -0.148. The van der Waals surface area contributed by atoms with Crippen LogP contribution in [-0.4, -0.2) is 40.8 Å². The minimum atomic E-state index is -2.86. The summed E-state index contributed by atoms with van der Waals surface area (Å²) in [6, 6.07) is 0. The summed E-state index contributed by atoms with van der Waals surface area (Å²) in [7, 11) is -2.86. The fraction of sp³-hybridized carbons (Fsp3) is 0.917. The van der Waals surface area contributed by atoms with Crippen LogP contribution in [0.15, 0.2) is 0 Å². The van der Waals surface area contributed by atoms with Crippen LogP contribution in [0.2, 0.25) is 0 Å². The van der Waals surface area contributed by atoms with Gasteiger partial charge in [0.05, 0.1) is 5.92 Å². The molecule has 0 aromatic heterocycles. The average Bonchev–Trinajstić information content (AvgIpc) is 2.36. The third kappa shape index (κ3) is 5.95. The molecule has 0 aliphatic heterocycles. The smallest absolute Gasteiger partial charge is 0.461 e. The molecule has 0 bridgehead atoms. The van der Waals surface area contributed by atoms with E-state index >= 15 is 0 Å². The molecule has 0 rings (SSSR count). The quantitative estimate of drug-likeness (QED) is 0.453. The minimum Gasteiger partial charge on any atom is -0.461 e. The highest BCUT2D eigenvalue weighted by Crippen LogP contribution is 2.13. The van der Waals surface area contributed by atoms with Gasteiger partial charge in [-0.15, -0.1) is 0 Å². The fourth-order valence-electron chi connectivity index (χ4n) is 1.38. The molecule has 0 aromatic carbocycles. The van der Waals surface area contributed by atoms with Crippen LogP contribution < -0.4 is 0 Å². The van der Waals surface area contributed by atoms with E-state index < -0.39 is 8.80 Å². The first kappa shape index (κ1) is 17.6. The van der Waals surface area contributed by atoms with Gasteiger partial charge in [0.1, 0.15) is 0 Å². The third-order valence-corrected chi connectivity index (χ3v) is 5.18. The van der Waals surface area contributed by atoms with E-state index in [4.69, 9.17) is 18.0 Å². The lowest BCUT2D eigenvalue weighted by atomic mass is 10.1. The standard InChI is InChI=1S/C12H26O5Si/c1-6-11(5)12(13)14-10-18(15-7-2,16-8-3)17-9-4/h11H,6-10H2,1-5H3. The molecule has 0 heterocycles. The summed E-state index contributed by atoms with van der Waals surface area (Å²) in [5.74, 6) is -0.338. The Bertz CT molecular complexity index is 217. The monoisotopic (exact) mass is 278 g/mol. The van der Waals surface area contributed by atoms with Crippen molar-refractivity contribution in [2.75, 3.05) is 26.1 Å². The second-order valence-electron chi connectivity index (χ2n) is 3.90. The summed E-state index contributed by atoms with van der Waals surface area (Å²) in [5, 5.41) is 0. The summed E-state index contributed by atoms with van der Waals surface area (Å²) in [6.07, 6.45) is 0.844. The molecule has 0 aliphatic carbocycles. The molecule has 1 unspecified atom stereocenters. The van der Waals surface area contributed by atoms with E-state index in [9.17, 15) is 4.79 Å². The molecule has 0 saturated carbocycles. The van der Waals surface area contributed by atoms with Crippen molar-refractivity contribution in [3.63, 3.8) is 0 Å². The zero-order valence-corrected chi connectivity index (χ0v) is 13.2. The number of hydrogen-bond acceptors (Lipinski definition) is 5. The molecule has 0 N–H and O–H groups in total.